The molecule has 0 fully saturated rings. The Hall–Kier alpha value is -7.14. The molecule has 0 spiro atoms. The molecule has 0 saturated carbocycles. The summed E-state index contributed by atoms with van der Waals surface area (Å²) in [5.74, 6) is 0. The highest BCUT2D eigenvalue weighted by Gasteiger charge is 2.17. The largest absolute Gasteiger partial charge is 0.310 e. The Morgan fingerprint density at radius 1 is 0.304 bits per heavy atom. The minimum absolute atomic E-state index is 1.11. The van der Waals surface area contributed by atoms with Crippen LogP contribution in [0.2, 0.25) is 0 Å². The fourth-order valence-electron chi connectivity index (χ4n) is 8.91. The minimum atomic E-state index is 1.11. The first-order valence-corrected chi connectivity index (χ1v) is 19.9. The maximum Gasteiger partial charge on any atom is 0.0562 e. The first-order chi connectivity index (χ1) is 27.7. The third-order valence-corrected chi connectivity index (χ3v) is 12.6. The average molecular weight is 732 g/mol. The van der Waals surface area contributed by atoms with Crippen LogP contribution in [0.4, 0.5) is 0 Å². The summed E-state index contributed by atoms with van der Waals surface area (Å²) in [6, 6.07) is 73.7. The number of para-hydroxylation sites is 2. The monoisotopic (exact) mass is 731 g/mol. The number of rotatable bonds is 3. The van der Waals surface area contributed by atoms with Gasteiger partial charge in [0.15, 0.2) is 0 Å². The first kappa shape index (κ1) is 31.2. The van der Waals surface area contributed by atoms with E-state index in [1.54, 1.807) is 0 Å². The minimum Gasteiger partial charge on any atom is -0.310 e. The molecule has 0 aliphatic carbocycles. The van der Waals surface area contributed by atoms with E-state index in [0.29, 0.717) is 0 Å². The lowest BCUT2D eigenvalue weighted by molar-refractivity contribution is 1.16. The molecule has 0 unspecified atom stereocenters. The van der Waals surface area contributed by atoms with E-state index in [-0.39, 0.29) is 0 Å². The molecule has 8 bridgehead atoms. The van der Waals surface area contributed by atoms with Crippen molar-refractivity contribution in [3.63, 3.8) is 0 Å². The number of nitrogens with zero attached hydrogens (tertiary/aromatic N) is 3. The van der Waals surface area contributed by atoms with Crippen LogP contribution >= 0.6 is 11.3 Å². The highest BCUT2D eigenvalue weighted by molar-refractivity contribution is 7.25. The Morgan fingerprint density at radius 2 is 0.875 bits per heavy atom. The van der Waals surface area contributed by atoms with Crippen LogP contribution in [0.3, 0.4) is 0 Å². The molecule has 56 heavy (non-hydrogen) atoms. The van der Waals surface area contributed by atoms with Gasteiger partial charge in [0.25, 0.3) is 0 Å². The van der Waals surface area contributed by atoms with Gasteiger partial charge in [0.1, 0.15) is 0 Å². The molecule has 12 aromatic rings. The third kappa shape index (κ3) is 4.76. The van der Waals surface area contributed by atoms with E-state index in [9.17, 15) is 0 Å². The van der Waals surface area contributed by atoms with E-state index in [1.807, 2.05) is 11.3 Å². The van der Waals surface area contributed by atoms with E-state index >= 15 is 0 Å². The van der Waals surface area contributed by atoms with Crippen molar-refractivity contribution in [2.75, 3.05) is 0 Å². The summed E-state index contributed by atoms with van der Waals surface area (Å²) in [6.07, 6.45) is 0. The van der Waals surface area contributed by atoms with Crippen molar-refractivity contribution in [3.05, 3.63) is 200 Å². The molecule has 262 valence electrons. The Kier molecular flexibility index (Phi) is 6.80. The summed E-state index contributed by atoms with van der Waals surface area (Å²) in [7, 11) is 0. The maximum absolute atomic E-state index is 2.47. The Labute approximate surface area is 326 Å². The molecule has 0 aliphatic heterocycles. The lowest BCUT2D eigenvalue weighted by Gasteiger charge is -2.15. The molecule has 3 heterocycles. The lowest BCUT2D eigenvalue weighted by Crippen LogP contribution is -1.99. The normalized spacial score (nSPS) is 11.9. The van der Waals surface area contributed by atoms with Crippen molar-refractivity contribution in [3.8, 4) is 17.1 Å². The van der Waals surface area contributed by atoms with Crippen LogP contribution in [0, 0.1) is 0 Å². The van der Waals surface area contributed by atoms with E-state index in [4.69, 9.17) is 0 Å². The molecule has 0 radical (unpaired) electrons. The van der Waals surface area contributed by atoms with Gasteiger partial charge in [-0.15, -0.1) is 11.3 Å². The lowest BCUT2D eigenvalue weighted by atomic mass is 10.1. The molecule has 0 atom stereocenters. The van der Waals surface area contributed by atoms with Gasteiger partial charge in [-0.2, -0.15) is 0 Å². The van der Waals surface area contributed by atoms with Gasteiger partial charge in [0.2, 0.25) is 0 Å². The molecule has 0 saturated heterocycles. The Bertz CT molecular complexity index is 3600. The van der Waals surface area contributed by atoms with Gasteiger partial charge in [-0.1, -0.05) is 97.1 Å². The van der Waals surface area contributed by atoms with Gasteiger partial charge in [-0.3, -0.25) is 0 Å². The number of thiophene rings is 1. The van der Waals surface area contributed by atoms with Crippen molar-refractivity contribution in [1.29, 1.82) is 0 Å². The quantitative estimate of drug-likeness (QED) is 0.172. The summed E-state index contributed by atoms with van der Waals surface area (Å²) in [5, 5.41) is 9.76. The predicted octanol–water partition coefficient (Wildman–Crippen LogP) is 14.5. The molecule has 3 nitrogen and oxygen atoms in total. The zero-order valence-corrected chi connectivity index (χ0v) is 31.1. The first-order valence-electron chi connectivity index (χ1n) is 19.1. The van der Waals surface area contributed by atoms with Gasteiger partial charge >= 0.3 is 0 Å². The second kappa shape index (κ2) is 12.2. The van der Waals surface area contributed by atoms with Gasteiger partial charge in [0, 0.05) is 64.4 Å². The highest BCUT2D eigenvalue weighted by Crippen LogP contribution is 2.40. The second-order valence-electron chi connectivity index (χ2n) is 14.6. The van der Waals surface area contributed by atoms with Gasteiger partial charge in [-0.05, 0) is 125 Å². The SMILES string of the molecule is c1ccc(-n2c3ccccc3c3c(-n4c5cccc(c5)c5cccc(c5)n(-c5ccc6ccccc6c5)c5ccc6sc7ccc4cc7c6c5)cccc32)cc1. The summed E-state index contributed by atoms with van der Waals surface area (Å²) in [4.78, 5) is 0. The Morgan fingerprint density at radius 3 is 1.64 bits per heavy atom. The molecule has 0 aliphatic rings. The van der Waals surface area contributed by atoms with Gasteiger partial charge < -0.3 is 13.7 Å². The van der Waals surface area contributed by atoms with Crippen LogP contribution in [0.5, 0.6) is 0 Å². The van der Waals surface area contributed by atoms with Crippen molar-refractivity contribution in [1.82, 2.24) is 13.7 Å². The van der Waals surface area contributed by atoms with E-state index in [1.165, 1.54) is 58.1 Å². The zero-order valence-electron chi connectivity index (χ0n) is 30.3. The maximum atomic E-state index is 2.47. The molecule has 3 aromatic heterocycles. The molecular formula is C52H33N3S. The summed E-state index contributed by atoms with van der Waals surface area (Å²) in [5.41, 5.74) is 10.3. The number of fused-ring (bicyclic) bond motifs is 11. The van der Waals surface area contributed by atoms with Crippen molar-refractivity contribution < 1.29 is 0 Å². The molecule has 4 heteroatoms. The standard InChI is InChI=1S/C52H33N3S/c1-2-15-38(16-3-1)55-47-20-7-6-19-44(47)52-48(21-10-22-49(52)55)54-40-18-9-14-37(31-40)36-13-8-17-39(30-36)53(41-24-23-34-11-4-5-12-35(34)29-41)42-25-27-50-45(32-42)46-33-43(54)26-28-51(46)56-50/h1-33H. The zero-order chi connectivity index (χ0) is 36.7. The van der Waals surface area contributed by atoms with Crippen LogP contribution in [-0.4, -0.2) is 13.7 Å². The molecule has 0 N–H and O–H groups in total. The van der Waals surface area contributed by atoms with Crippen LogP contribution in [0.1, 0.15) is 0 Å². The summed E-state index contributed by atoms with van der Waals surface area (Å²) in [6.45, 7) is 0. The smallest absolute Gasteiger partial charge is 0.0562 e. The predicted molar refractivity (Wildman–Crippen MR) is 240 cm³/mol. The number of aromatic nitrogens is 3. The van der Waals surface area contributed by atoms with Crippen LogP contribution in [0.25, 0.3) is 103 Å². The number of hydrogen-bond acceptors (Lipinski definition) is 1. The van der Waals surface area contributed by atoms with E-state index in [0.717, 1.165) is 44.5 Å². The van der Waals surface area contributed by atoms with Crippen LogP contribution in [-0.2, 0) is 0 Å². The second-order valence-corrected chi connectivity index (χ2v) is 15.7. The van der Waals surface area contributed by atoms with Crippen molar-refractivity contribution >= 4 is 96.9 Å². The van der Waals surface area contributed by atoms with Crippen LogP contribution in [0.15, 0.2) is 200 Å². The summed E-state index contributed by atoms with van der Waals surface area (Å²) >= 11 is 1.86. The number of hydrogen-bond donors (Lipinski definition) is 0. The van der Waals surface area contributed by atoms with Crippen molar-refractivity contribution in [2.24, 2.45) is 0 Å². The molecule has 0 amide bonds. The number of benzene rings is 9. The van der Waals surface area contributed by atoms with Gasteiger partial charge in [0.05, 0.1) is 16.7 Å². The molecule has 9 aromatic carbocycles. The Balaban J connectivity index is 1.25. The highest BCUT2D eigenvalue weighted by atomic mass is 32.1. The topological polar surface area (TPSA) is 14.8 Å². The third-order valence-electron chi connectivity index (χ3n) is 11.4. The molecule has 12 rings (SSSR count). The van der Waals surface area contributed by atoms with E-state index in [2.05, 4.69) is 214 Å². The average Bonchev–Trinajstić information content (AvgIpc) is 3.80. The summed E-state index contributed by atoms with van der Waals surface area (Å²) < 4.78 is 9.84. The molecular weight excluding hydrogens is 699 g/mol. The van der Waals surface area contributed by atoms with Crippen molar-refractivity contribution in [2.45, 2.75) is 0 Å². The van der Waals surface area contributed by atoms with E-state index < -0.39 is 0 Å². The van der Waals surface area contributed by atoms with Gasteiger partial charge in [-0.25, -0.2) is 0 Å². The fourth-order valence-corrected chi connectivity index (χ4v) is 9.98. The van der Waals surface area contributed by atoms with Crippen LogP contribution < -0.4 is 0 Å². The fraction of sp³-hybridized carbons (Fsp3) is 0.